The van der Waals surface area contributed by atoms with E-state index in [0.717, 1.165) is 22.0 Å². The zero-order valence-corrected chi connectivity index (χ0v) is 14.7. The number of methoxy groups -OCH3 is 1. The quantitative estimate of drug-likeness (QED) is 0.592. The molecule has 0 bridgehead atoms. The molecule has 0 saturated heterocycles. The number of tetrazole rings is 1. The lowest BCUT2D eigenvalue weighted by Gasteiger charge is -2.08. The Morgan fingerprint density at radius 1 is 1.07 bits per heavy atom. The van der Waals surface area contributed by atoms with Gasteiger partial charge in [-0.25, -0.2) is 0 Å². The fourth-order valence-electron chi connectivity index (χ4n) is 2.84. The molecule has 4 rings (SSSR count). The van der Waals surface area contributed by atoms with Crippen LogP contribution in [0.3, 0.4) is 0 Å². The molecule has 0 fully saturated rings. The fourth-order valence-corrected chi connectivity index (χ4v) is 2.84. The summed E-state index contributed by atoms with van der Waals surface area (Å²) >= 11 is 0. The van der Waals surface area contributed by atoms with E-state index in [-0.39, 0.29) is 12.5 Å². The standard InChI is InChI=1S/C20H17N5O2/c1-27-16-9-4-8-15(12-16)20-22-24-25(23-20)13-19(26)21-18-11-5-7-14-6-2-3-10-17(14)18/h2-12H,13H2,1H3,(H,21,26). The van der Waals surface area contributed by atoms with Crippen LogP contribution < -0.4 is 10.1 Å². The minimum atomic E-state index is -0.221. The molecule has 27 heavy (non-hydrogen) atoms. The number of nitrogens with zero attached hydrogens (tertiary/aromatic N) is 4. The second-order valence-electron chi connectivity index (χ2n) is 5.95. The second kappa shape index (κ2) is 7.25. The maximum atomic E-state index is 12.4. The van der Waals surface area contributed by atoms with E-state index in [1.165, 1.54) is 4.80 Å². The lowest BCUT2D eigenvalue weighted by atomic mass is 10.1. The number of amides is 1. The zero-order valence-electron chi connectivity index (χ0n) is 14.7. The topological polar surface area (TPSA) is 81.9 Å². The molecule has 1 N–H and O–H groups in total. The van der Waals surface area contributed by atoms with Crippen molar-refractivity contribution in [2.75, 3.05) is 12.4 Å². The number of nitrogens with one attached hydrogen (secondary N) is 1. The Hall–Kier alpha value is -3.74. The van der Waals surface area contributed by atoms with Crippen LogP contribution in [0.5, 0.6) is 5.75 Å². The van der Waals surface area contributed by atoms with Crippen molar-refractivity contribution < 1.29 is 9.53 Å². The number of ether oxygens (including phenoxy) is 1. The van der Waals surface area contributed by atoms with Gasteiger partial charge in [-0.2, -0.15) is 4.80 Å². The maximum Gasteiger partial charge on any atom is 0.248 e. The molecule has 134 valence electrons. The van der Waals surface area contributed by atoms with Crippen molar-refractivity contribution in [3.63, 3.8) is 0 Å². The average molecular weight is 359 g/mol. The zero-order chi connectivity index (χ0) is 18.6. The van der Waals surface area contributed by atoms with E-state index >= 15 is 0 Å². The number of carbonyl (C=O) groups excluding carboxylic acids is 1. The molecule has 0 aliphatic heterocycles. The highest BCUT2D eigenvalue weighted by atomic mass is 16.5. The third-order valence-electron chi connectivity index (χ3n) is 4.13. The highest BCUT2D eigenvalue weighted by Gasteiger charge is 2.11. The van der Waals surface area contributed by atoms with Crippen LogP contribution >= 0.6 is 0 Å². The summed E-state index contributed by atoms with van der Waals surface area (Å²) in [4.78, 5) is 13.7. The van der Waals surface area contributed by atoms with Crippen LogP contribution in [0, 0.1) is 0 Å². The van der Waals surface area contributed by atoms with Gasteiger partial charge in [-0.05, 0) is 28.8 Å². The van der Waals surface area contributed by atoms with Gasteiger partial charge in [0.05, 0.1) is 7.11 Å². The molecule has 0 aliphatic rings. The minimum absolute atomic E-state index is 0.0276. The summed E-state index contributed by atoms with van der Waals surface area (Å²) < 4.78 is 5.20. The third kappa shape index (κ3) is 3.62. The first-order valence-corrected chi connectivity index (χ1v) is 8.43. The minimum Gasteiger partial charge on any atom is -0.497 e. The van der Waals surface area contributed by atoms with Gasteiger partial charge in [0, 0.05) is 16.6 Å². The van der Waals surface area contributed by atoms with E-state index in [4.69, 9.17) is 4.74 Å². The number of fused-ring (bicyclic) bond motifs is 1. The van der Waals surface area contributed by atoms with Gasteiger partial charge in [0.15, 0.2) is 0 Å². The van der Waals surface area contributed by atoms with E-state index in [1.807, 2.05) is 66.7 Å². The van der Waals surface area contributed by atoms with Crippen molar-refractivity contribution in [2.24, 2.45) is 0 Å². The number of anilines is 1. The average Bonchev–Trinajstić information content (AvgIpc) is 3.17. The van der Waals surface area contributed by atoms with Crippen LogP contribution in [0.2, 0.25) is 0 Å². The highest BCUT2D eigenvalue weighted by Crippen LogP contribution is 2.23. The lowest BCUT2D eigenvalue weighted by molar-refractivity contribution is -0.117. The molecule has 0 unspecified atom stereocenters. The molecule has 1 aromatic heterocycles. The number of hydrogen-bond acceptors (Lipinski definition) is 5. The first-order chi connectivity index (χ1) is 13.2. The fraction of sp³-hybridized carbons (Fsp3) is 0.100. The van der Waals surface area contributed by atoms with E-state index in [0.29, 0.717) is 11.6 Å². The van der Waals surface area contributed by atoms with Crippen molar-refractivity contribution in [1.82, 2.24) is 20.2 Å². The van der Waals surface area contributed by atoms with Crippen LogP contribution in [0.1, 0.15) is 0 Å². The van der Waals surface area contributed by atoms with Crippen molar-refractivity contribution in [3.8, 4) is 17.1 Å². The molecule has 0 saturated carbocycles. The SMILES string of the molecule is COc1cccc(-c2nnn(CC(=O)Nc3cccc4ccccc34)n2)c1. The molecule has 3 aromatic carbocycles. The van der Waals surface area contributed by atoms with Crippen molar-refractivity contribution >= 4 is 22.4 Å². The summed E-state index contributed by atoms with van der Waals surface area (Å²) in [6.07, 6.45) is 0. The van der Waals surface area contributed by atoms with Crippen LogP contribution in [-0.2, 0) is 11.3 Å². The molecule has 0 spiro atoms. The Balaban J connectivity index is 1.49. The first-order valence-electron chi connectivity index (χ1n) is 8.43. The van der Waals surface area contributed by atoms with Gasteiger partial charge in [-0.3, -0.25) is 4.79 Å². The van der Waals surface area contributed by atoms with Gasteiger partial charge >= 0.3 is 0 Å². The van der Waals surface area contributed by atoms with E-state index in [1.54, 1.807) is 7.11 Å². The van der Waals surface area contributed by atoms with E-state index in [9.17, 15) is 4.79 Å². The number of benzene rings is 3. The molecular weight excluding hydrogens is 342 g/mol. The number of rotatable bonds is 5. The predicted octanol–water partition coefficient (Wildman–Crippen LogP) is 3.14. The smallest absolute Gasteiger partial charge is 0.248 e. The van der Waals surface area contributed by atoms with Gasteiger partial charge in [-0.1, -0.05) is 48.5 Å². The largest absolute Gasteiger partial charge is 0.497 e. The molecular formula is C20H17N5O2. The summed E-state index contributed by atoms with van der Waals surface area (Å²) in [7, 11) is 1.60. The van der Waals surface area contributed by atoms with Gasteiger partial charge < -0.3 is 10.1 Å². The third-order valence-corrected chi connectivity index (χ3v) is 4.13. The molecule has 1 heterocycles. The molecule has 0 radical (unpaired) electrons. The second-order valence-corrected chi connectivity index (χ2v) is 5.95. The Morgan fingerprint density at radius 3 is 2.78 bits per heavy atom. The van der Waals surface area contributed by atoms with Crippen LogP contribution in [0.4, 0.5) is 5.69 Å². The number of aromatic nitrogens is 4. The molecule has 4 aromatic rings. The maximum absolute atomic E-state index is 12.4. The van der Waals surface area contributed by atoms with Crippen molar-refractivity contribution in [3.05, 3.63) is 66.7 Å². The van der Waals surface area contributed by atoms with Crippen LogP contribution in [0.25, 0.3) is 22.2 Å². The Morgan fingerprint density at radius 2 is 1.89 bits per heavy atom. The van der Waals surface area contributed by atoms with E-state index < -0.39 is 0 Å². The number of carbonyl (C=O) groups is 1. The summed E-state index contributed by atoms with van der Waals surface area (Å²) in [5.41, 5.74) is 1.53. The summed E-state index contributed by atoms with van der Waals surface area (Å²) in [5, 5.41) is 17.2. The molecule has 0 aliphatic carbocycles. The summed E-state index contributed by atoms with van der Waals surface area (Å²) in [6.45, 7) is -0.0276. The Bertz CT molecular complexity index is 1100. The van der Waals surface area contributed by atoms with Gasteiger partial charge in [0.2, 0.25) is 11.7 Å². The number of hydrogen-bond donors (Lipinski definition) is 1. The van der Waals surface area contributed by atoms with E-state index in [2.05, 4.69) is 20.7 Å². The van der Waals surface area contributed by atoms with Crippen molar-refractivity contribution in [2.45, 2.75) is 6.54 Å². The van der Waals surface area contributed by atoms with Gasteiger partial charge in [0.1, 0.15) is 12.3 Å². The predicted molar refractivity (Wildman–Crippen MR) is 102 cm³/mol. The van der Waals surface area contributed by atoms with Gasteiger partial charge in [0.25, 0.3) is 0 Å². The normalized spacial score (nSPS) is 10.7. The van der Waals surface area contributed by atoms with Crippen molar-refractivity contribution in [1.29, 1.82) is 0 Å². The van der Waals surface area contributed by atoms with Crippen LogP contribution in [-0.4, -0.2) is 33.2 Å². The lowest BCUT2D eigenvalue weighted by Crippen LogP contribution is -2.20. The first kappa shape index (κ1) is 16.7. The summed E-state index contributed by atoms with van der Waals surface area (Å²) in [6, 6.07) is 21.0. The molecule has 7 heteroatoms. The molecule has 7 nitrogen and oxygen atoms in total. The monoisotopic (exact) mass is 359 g/mol. The Kier molecular flexibility index (Phi) is 4.49. The van der Waals surface area contributed by atoms with Gasteiger partial charge in [-0.15, -0.1) is 10.2 Å². The molecule has 1 amide bonds. The van der Waals surface area contributed by atoms with Crippen LogP contribution in [0.15, 0.2) is 66.7 Å². The highest BCUT2D eigenvalue weighted by molar-refractivity contribution is 6.01. The summed E-state index contributed by atoms with van der Waals surface area (Å²) in [5.74, 6) is 0.922. The molecule has 0 atom stereocenters. The Labute approximate surface area is 155 Å².